The van der Waals surface area contributed by atoms with Crippen LogP contribution in [-0.4, -0.2) is 28.9 Å². The lowest BCUT2D eigenvalue weighted by atomic mass is 10.1. The number of rotatable bonds is 18. The Morgan fingerprint density at radius 1 is 0.640 bits per heavy atom. The molecule has 0 bridgehead atoms. The van der Waals surface area contributed by atoms with Crippen LogP contribution in [0.4, 0.5) is 0 Å². The van der Waals surface area contributed by atoms with Gasteiger partial charge in [-0.25, -0.2) is 0 Å². The molecule has 0 aliphatic heterocycles. The maximum absolute atomic E-state index is 12.6. The molecule has 0 fully saturated rings. The fourth-order valence-corrected chi connectivity index (χ4v) is 5.86. The molecule has 8 heteroatoms. The number of hydrogen-bond donors (Lipinski definition) is 2. The minimum absolute atomic E-state index is 0.222. The first-order valence-electron chi connectivity index (χ1n) is 9.75. The van der Waals surface area contributed by atoms with Crippen molar-refractivity contribution in [2.75, 3.05) is 19.1 Å². The molecule has 0 saturated heterocycles. The molecule has 0 radical (unpaired) electrons. The standard InChI is InChI=1S/C17H38O6P2/c1-3-5-7-9-11-13-15-22-25(21,17-24(18,19)20)23-16-14-12-10-8-6-4-2/h3-17H2,1-2H3,(H2,18,19,20). The molecule has 0 saturated carbocycles. The van der Waals surface area contributed by atoms with Gasteiger partial charge in [-0.15, -0.1) is 0 Å². The Hall–Kier alpha value is 0.300. The average molecular weight is 400 g/mol. The summed E-state index contributed by atoms with van der Waals surface area (Å²) < 4.78 is 34.4. The van der Waals surface area contributed by atoms with Gasteiger partial charge in [0.1, 0.15) is 0 Å². The molecule has 0 unspecified atom stereocenters. The van der Waals surface area contributed by atoms with Gasteiger partial charge in [-0.3, -0.25) is 9.13 Å². The van der Waals surface area contributed by atoms with Crippen molar-refractivity contribution in [1.29, 1.82) is 0 Å². The van der Waals surface area contributed by atoms with Gasteiger partial charge in [0.25, 0.3) is 0 Å². The molecule has 6 nitrogen and oxygen atoms in total. The fraction of sp³-hybridized carbons (Fsp3) is 1.00. The van der Waals surface area contributed by atoms with Crippen molar-refractivity contribution in [2.24, 2.45) is 0 Å². The van der Waals surface area contributed by atoms with Gasteiger partial charge < -0.3 is 18.8 Å². The van der Waals surface area contributed by atoms with E-state index in [2.05, 4.69) is 13.8 Å². The molecule has 0 aromatic carbocycles. The first-order chi connectivity index (χ1) is 11.8. The van der Waals surface area contributed by atoms with Crippen LogP contribution in [0.1, 0.15) is 90.9 Å². The van der Waals surface area contributed by atoms with Gasteiger partial charge in [-0.05, 0) is 12.8 Å². The van der Waals surface area contributed by atoms with Crippen molar-refractivity contribution >= 4 is 15.2 Å². The van der Waals surface area contributed by atoms with Gasteiger partial charge in [0.15, 0.2) is 5.90 Å². The molecule has 0 aromatic rings. The fourth-order valence-electron chi connectivity index (χ4n) is 2.52. The molecule has 0 aromatic heterocycles. The van der Waals surface area contributed by atoms with Crippen LogP contribution in [0.5, 0.6) is 0 Å². The van der Waals surface area contributed by atoms with Crippen LogP contribution in [0.3, 0.4) is 0 Å². The molecule has 0 aliphatic carbocycles. The Balaban J connectivity index is 4.08. The van der Waals surface area contributed by atoms with Gasteiger partial charge in [0.05, 0.1) is 13.2 Å². The Bertz CT molecular complexity index is 375. The summed E-state index contributed by atoms with van der Waals surface area (Å²) >= 11 is 0. The predicted octanol–water partition coefficient (Wildman–Crippen LogP) is 6.07. The first-order valence-corrected chi connectivity index (χ1v) is 13.3. The normalized spacial score (nSPS) is 12.6. The summed E-state index contributed by atoms with van der Waals surface area (Å²) in [5.41, 5.74) is 0. The Morgan fingerprint density at radius 3 is 1.36 bits per heavy atom. The van der Waals surface area contributed by atoms with E-state index >= 15 is 0 Å². The number of unbranched alkanes of at least 4 members (excludes halogenated alkanes) is 10. The van der Waals surface area contributed by atoms with E-state index in [4.69, 9.17) is 18.8 Å². The van der Waals surface area contributed by atoms with Crippen LogP contribution >= 0.6 is 15.2 Å². The summed E-state index contributed by atoms with van der Waals surface area (Å²) in [6.45, 7) is 4.75. The highest BCUT2D eigenvalue weighted by Crippen LogP contribution is 2.59. The van der Waals surface area contributed by atoms with Gasteiger partial charge in [0.2, 0.25) is 0 Å². The van der Waals surface area contributed by atoms with Crippen molar-refractivity contribution in [1.82, 2.24) is 0 Å². The van der Waals surface area contributed by atoms with Crippen molar-refractivity contribution in [3.05, 3.63) is 0 Å². The minimum Gasteiger partial charge on any atom is -0.324 e. The lowest BCUT2D eigenvalue weighted by molar-refractivity contribution is 0.199. The van der Waals surface area contributed by atoms with E-state index in [-0.39, 0.29) is 13.2 Å². The molecule has 0 rings (SSSR count). The average Bonchev–Trinajstić information content (AvgIpc) is 2.51. The van der Waals surface area contributed by atoms with Crippen LogP contribution in [-0.2, 0) is 18.2 Å². The Morgan fingerprint density at radius 2 is 1.00 bits per heavy atom. The van der Waals surface area contributed by atoms with Gasteiger partial charge in [-0.1, -0.05) is 78.1 Å². The van der Waals surface area contributed by atoms with Crippen LogP contribution in [0.15, 0.2) is 0 Å². The third-order valence-electron chi connectivity index (χ3n) is 3.93. The SMILES string of the molecule is CCCCCCCCOP(=O)(CP(=O)(O)O)OCCCCCCCC. The second kappa shape index (κ2) is 15.4. The first kappa shape index (κ1) is 25.3. The molecule has 0 aliphatic rings. The topological polar surface area (TPSA) is 93.1 Å². The Labute approximate surface area is 153 Å². The predicted molar refractivity (Wildman–Crippen MR) is 103 cm³/mol. The summed E-state index contributed by atoms with van der Waals surface area (Å²) in [4.78, 5) is 18.3. The quantitative estimate of drug-likeness (QED) is 0.214. The van der Waals surface area contributed by atoms with E-state index in [0.717, 1.165) is 38.5 Å². The van der Waals surface area contributed by atoms with Crippen molar-refractivity contribution < 1.29 is 28.0 Å². The van der Waals surface area contributed by atoms with Crippen LogP contribution in [0.25, 0.3) is 0 Å². The second-order valence-corrected chi connectivity index (χ2v) is 10.8. The van der Waals surface area contributed by atoms with Gasteiger partial charge in [0, 0.05) is 0 Å². The molecule has 0 amide bonds. The highest BCUT2D eigenvalue weighted by molar-refractivity contribution is 7.70. The largest absolute Gasteiger partial charge is 0.342 e. The third-order valence-corrected chi connectivity index (χ3v) is 7.94. The van der Waals surface area contributed by atoms with Crippen LogP contribution < -0.4 is 0 Å². The smallest absolute Gasteiger partial charge is 0.324 e. The molecule has 0 spiro atoms. The van der Waals surface area contributed by atoms with Gasteiger partial charge >= 0.3 is 15.2 Å². The lowest BCUT2D eigenvalue weighted by Crippen LogP contribution is -2.04. The van der Waals surface area contributed by atoms with E-state index in [1.807, 2.05) is 0 Å². The molecular weight excluding hydrogens is 362 g/mol. The van der Waals surface area contributed by atoms with E-state index < -0.39 is 21.1 Å². The van der Waals surface area contributed by atoms with Crippen molar-refractivity contribution in [2.45, 2.75) is 90.9 Å². The van der Waals surface area contributed by atoms with Gasteiger partial charge in [-0.2, -0.15) is 0 Å². The highest BCUT2D eigenvalue weighted by atomic mass is 31.2. The summed E-state index contributed by atoms with van der Waals surface area (Å²) in [6, 6.07) is 0. The van der Waals surface area contributed by atoms with Crippen LogP contribution in [0.2, 0.25) is 0 Å². The van der Waals surface area contributed by atoms with E-state index in [9.17, 15) is 9.13 Å². The zero-order chi connectivity index (χ0) is 19.0. The zero-order valence-electron chi connectivity index (χ0n) is 16.0. The zero-order valence-corrected chi connectivity index (χ0v) is 17.8. The van der Waals surface area contributed by atoms with E-state index in [1.54, 1.807) is 0 Å². The second-order valence-electron chi connectivity index (χ2n) is 6.62. The molecule has 0 atom stereocenters. The maximum Gasteiger partial charge on any atom is 0.342 e. The molecule has 2 N–H and O–H groups in total. The molecule has 0 heterocycles. The summed E-state index contributed by atoms with van der Waals surface area (Å²) in [5.74, 6) is -0.828. The molecule has 152 valence electrons. The van der Waals surface area contributed by atoms with Crippen LogP contribution in [0, 0.1) is 0 Å². The van der Waals surface area contributed by atoms with Crippen molar-refractivity contribution in [3.63, 3.8) is 0 Å². The van der Waals surface area contributed by atoms with Crippen molar-refractivity contribution in [3.8, 4) is 0 Å². The monoisotopic (exact) mass is 400 g/mol. The number of hydrogen-bond acceptors (Lipinski definition) is 4. The summed E-state index contributed by atoms with van der Waals surface area (Å²) in [5, 5.41) is 0. The summed E-state index contributed by atoms with van der Waals surface area (Å²) in [7, 11) is -8.17. The maximum atomic E-state index is 12.6. The molecule has 25 heavy (non-hydrogen) atoms. The molecular formula is C17H38O6P2. The third kappa shape index (κ3) is 17.5. The van der Waals surface area contributed by atoms with E-state index in [1.165, 1.54) is 38.5 Å². The van der Waals surface area contributed by atoms with E-state index in [0.29, 0.717) is 0 Å². The Kier molecular flexibility index (Phi) is 15.6. The summed E-state index contributed by atoms with van der Waals surface area (Å²) in [6.07, 6.45) is 12.7. The minimum atomic E-state index is -4.44. The lowest BCUT2D eigenvalue weighted by Gasteiger charge is -2.19. The highest BCUT2D eigenvalue weighted by Gasteiger charge is 2.34.